The van der Waals surface area contributed by atoms with Crippen LogP contribution in [-0.2, 0) is 14.8 Å². The summed E-state index contributed by atoms with van der Waals surface area (Å²) in [6.07, 6.45) is 1.37. The van der Waals surface area contributed by atoms with Gasteiger partial charge < -0.3 is 10.5 Å². The van der Waals surface area contributed by atoms with Gasteiger partial charge in [0, 0.05) is 19.6 Å². The minimum Gasteiger partial charge on any atom is -0.377 e. The summed E-state index contributed by atoms with van der Waals surface area (Å²) in [4.78, 5) is 0.125. The molecule has 0 aliphatic carbocycles. The summed E-state index contributed by atoms with van der Waals surface area (Å²) < 4.78 is 44.5. The van der Waals surface area contributed by atoms with Crippen molar-refractivity contribution < 1.29 is 17.5 Å². The largest absolute Gasteiger partial charge is 0.377 e. The quantitative estimate of drug-likeness (QED) is 0.879. The molecule has 0 radical (unpaired) electrons. The van der Waals surface area contributed by atoms with Crippen molar-refractivity contribution in [3.8, 4) is 0 Å². The number of sulfonamides is 1. The number of hydrogen-bond acceptors (Lipinski definition) is 4. The fourth-order valence-corrected chi connectivity index (χ4v) is 3.70. The van der Waals surface area contributed by atoms with Gasteiger partial charge in [-0.1, -0.05) is 0 Å². The first-order chi connectivity index (χ1) is 9.54. The molecule has 1 aromatic rings. The number of nitrogens with two attached hydrogens (primary N) is 1. The molecule has 1 aliphatic rings. The van der Waals surface area contributed by atoms with E-state index in [1.165, 1.54) is 16.4 Å². The lowest BCUT2D eigenvalue weighted by Gasteiger charge is -2.31. The van der Waals surface area contributed by atoms with Crippen molar-refractivity contribution in [2.24, 2.45) is 5.73 Å². The topological polar surface area (TPSA) is 72.6 Å². The van der Waals surface area contributed by atoms with Crippen molar-refractivity contribution in [2.75, 3.05) is 26.2 Å². The van der Waals surface area contributed by atoms with Gasteiger partial charge in [-0.15, -0.1) is 0 Å². The number of halogens is 1. The first-order valence-electron chi connectivity index (χ1n) is 6.61. The summed E-state index contributed by atoms with van der Waals surface area (Å²) in [5.74, 6) is -0.446. The number of piperidine rings is 1. The van der Waals surface area contributed by atoms with Crippen LogP contribution in [0.3, 0.4) is 0 Å². The van der Waals surface area contributed by atoms with Gasteiger partial charge in [-0.05, 0) is 37.1 Å². The number of nitrogens with zero attached hydrogens (tertiary/aromatic N) is 1. The monoisotopic (exact) mass is 302 g/mol. The molecule has 0 unspecified atom stereocenters. The van der Waals surface area contributed by atoms with Gasteiger partial charge in [0.15, 0.2) is 0 Å². The predicted molar refractivity (Wildman–Crippen MR) is 73.2 cm³/mol. The molecule has 2 N–H and O–H groups in total. The Bertz CT molecular complexity index is 525. The van der Waals surface area contributed by atoms with Crippen molar-refractivity contribution in [3.63, 3.8) is 0 Å². The summed E-state index contributed by atoms with van der Waals surface area (Å²) >= 11 is 0. The summed E-state index contributed by atoms with van der Waals surface area (Å²) in [6.45, 7) is 1.79. The van der Waals surface area contributed by atoms with Gasteiger partial charge in [0.25, 0.3) is 0 Å². The van der Waals surface area contributed by atoms with Gasteiger partial charge in [-0.3, -0.25) is 0 Å². The van der Waals surface area contributed by atoms with Crippen LogP contribution in [0.15, 0.2) is 29.2 Å². The summed E-state index contributed by atoms with van der Waals surface area (Å²) in [7, 11) is -3.54. The summed E-state index contributed by atoms with van der Waals surface area (Å²) in [6, 6.07) is 4.90. The molecule has 1 fully saturated rings. The molecule has 20 heavy (non-hydrogen) atoms. The van der Waals surface area contributed by atoms with Crippen LogP contribution in [0.1, 0.15) is 12.8 Å². The van der Waals surface area contributed by atoms with Gasteiger partial charge in [0.1, 0.15) is 5.82 Å². The van der Waals surface area contributed by atoms with Gasteiger partial charge in [0.2, 0.25) is 10.0 Å². The molecule has 0 saturated carbocycles. The van der Waals surface area contributed by atoms with Crippen LogP contribution < -0.4 is 5.73 Å². The van der Waals surface area contributed by atoms with Crippen LogP contribution >= 0.6 is 0 Å². The lowest BCUT2D eigenvalue weighted by molar-refractivity contribution is 0.0257. The van der Waals surface area contributed by atoms with Crippen molar-refractivity contribution in [1.29, 1.82) is 0 Å². The fourth-order valence-electron chi connectivity index (χ4n) is 2.23. The van der Waals surface area contributed by atoms with Crippen molar-refractivity contribution in [3.05, 3.63) is 30.1 Å². The standard InChI is InChI=1S/C13H19FN2O3S/c14-11-1-3-13(4-2-11)20(17,18)16-8-5-12(6-9-16)19-10-7-15/h1-4,12H,5-10,15H2. The lowest BCUT2D eigenvalue weighted by Crippen LogP contribution is -2.41. The highest BCUT2D eigenvalue weighted by molar-refractivity contribution is 7.89. The minimum atomic E-state index is -3.54. The zero-order valence-electron chi connectivity index (χ0n) is 11.2. The predicted octanol–water partition coefficient (Wildman–Crippen LogP) is 0.954. The Morgan fingerprint density at radius 2 is 1.85 bits per heavy atom. The molecule has 0 aromatic heterocycles. The van der Waals surface area contributed by atoms with E-state index in [2.05, 4.69) is 0 Å². The smallest absolute Gasteiger partial charge is 0.243 e. The van der Waals surface area contributed by atoms with Crippen LogP contribution in [-0.4, -0.2) is 45.1 Å². The average Bonchev–Trinajstić information content (AvgIpc) is 2.46. The average molecular weight is 302 g/mol. The Morgan fingerprint density at radius 1 is 1.25 bits per heavy atom. The number of hydrogen-bond donors (Lipinski definition) is 1. The number of benzene rings is 1. The molecule has 1 aliphatic heterocycles. The maximum absolute atomic E-state index is 12.9. The molecule has 0 atom stereocenters. The third-order valence-electron chi connectivity index (χ3n) is 3.32. The van der Waals surface area contributed by atoms with E-state index >= 15 is 0 Å². The molecule has 2 rings (SSSR count). The number of ether oxygens (including phenoxy) is 1. The summed E-state index contributed by atoms with van der Waals surface area (Å²) in [5.41, 5.74) is 5.37. The fraction of sp³-hybridized carbons (Fsp3) is 0.538. The second-order valence-corrected chi connectivity index (χ2v) is 6.65. The van der Waals surface area contributed by atoms with Gasteiger partial charge >= 0.3 is 0 Å². The van der Waals surface area contributed by atoms with E-state index in [4.69, 9.17) is 10.5 Å². The molecular formula is C13H19FN2O3S. The van der Waals surface area contributed by atoms with Crippen LogP contribution in [0.5, 0.6) is 0 Å². The Kier molecular flexibility index (Phi) is 5.09. The van der Waals surface area contributed by atoms with E-state index in [0.717, 1.165) is 12.1 Å². The van der Waals surface area contributed by atoms with E-state index in [-0.39, 0.29) is 11.0 Å². The molecule has 112 valence electrons. The molecule has 5 nitrogen and oxygen atoms in total. The number of rotatable bonds is 5. The third-order valence-corrected chi connectivity index (χ3v) is 5.24. The Hall–Kier alpha value is -1.02. The van der Waals surface area contributed by atoms with E-state index in [0.29, 0.717) is 39.1 Å². The van der Waals surface area contributed by atoms with E-state index in [1.807, 2.05) is 0 Å². The lowest BCUT2D eigenvalue weighted by atomic mass is 10.1. The van der Waals surface area contributed by atoms with Crippen LogP contribution in [0.25, 0.3) is 0 Å². The first-order valence-corrected chi connectivity index (χ1v) is 8.05. The van der Waals surface area contributed by atoms with E-state index in [9.17, 15) is 12.8 Å². The molecule has 0 spiro atoms. The SMILES string of the molecule is NCCOC1CCN(S(=O)(=O)c2ccc(F)cc2)CC1. The normalized spacial score (nSPS) is 18.3. The van der Waals surface area contributed by atoms with Crippen LogP contribution in [0, 0.1) is 5.82 Å². The first kappa shape index (κ1) is 15.4. The maximum Gasteiger partial charge on any atom is 0.243 e. The van der Waals surface area contributed by atoms with Crippen molar-refractivity contribution in [2.45, 2.75) is 23.8 Å². The highest BCUT2D eigenvalue weighted by Gasteiger charge is 2.29. The minimum absolute atomic E-state index is 0.0678. The Morgan fingerprint density at radius 3 is 2.40 bits per heavy atom. The highest BCUT2D eigenvalue weighted by atomic mass is 32.2. The zero-order valence-corrected chi connectivity index (χ0v) is 12.0. The molecule has 7 heteroatoms. The van der Waals surface area contributed by atoms with Gasteiger partial charge in [-0.2, -0.15) is 4.31 Å². The highest BCUT2D eigenvalue weighted by Crippen LogP contribution is 2.22. The van der Waals surface area contributed by atoms with Crippen molar-refractivity contribution in [1.82, 2.24) is 4.31 Å². The maximum atomic E-state index is 12.9. The molecule has 1 heterocycles. The molecule has 0 amide bonds. The van der Waals surface area contributed by atoms with Gasteiger partial charge in [0.05, 0.1) is 17.6 Å². The third kappa shape index (κ3) is 3.54. The van der Waals surface area contributed by atoms with Gasteiger partial charge in [-0.25, -0.2) is 12.8 Å². The van der Waals surface area contributed by atoms with E-state index < -0.39 is 15.8 Å². The summed E-state index contributed by atoms with van der Waals surface area (Å²) in [5, 5.41) is 0. The molecule has 1 aromatic carbocycles. The van der Waals surface area contributed by atoms with Crippen molar-refractivity contribution >= 4 is 10.0 Å². The second kappa shape index (κ2) is 6.62. The second-order valence-electron chi connectivity index (χ2n) is 4.72. The molecule has 0 bridgehead atoms. The molecule has 1 saturated heterocycles. The Balaban J connectivity index is 2.00. The molecular weight excluding hydrogens is 283 g/mol. The van der Waals surface area contributed by atoms with Crippen LogP contribution in [0.2, 0.25) is 0 Å². The van der Waals surface area contributed by atoms with E-state index in [1.54, 1.807) is 0 Å². The Labute approximate surface area is 118 Å². The van der Waals surface area contributed by atoms with Crippen LogP contribution in [0.4, 0.5) is 4.39 Å². The zero-order chi connectivity index (χ0) is 14.6.